The van der Waals surface area contributed by atoms with E-state index in [1.54, 1.807) is 24.3 Å². The van der Waals surface area contributed by atoms with Crippen LogP contribution in [0, 0.1) is 0 Å². The number of halogens is 1. The zero-order chi connectivity index (χ0) is 18.5. The molecule has 2 N–H and O–H groups in total. The number of carbonyl (C=O) groups excluding carboxylic acids is 2. The Balaban J connectivity index is 1.59. The molecule has 1 saturated carbocycles. The first-order valence-electron chi connectivity index (χ1n) is 8.64. The van der Waals surface area contributed by atoms with Crippen molar-refractivity contribution in [3.8, 4) is 0 Å². The standard InChI is InChI=1S/C20H22ClN3O2/c1-24(12-14-6-2-4-8-17(14)21)13-19(25)23-18-9-5-3-7-16(18)20(26)22-15-10-11-15/h2-9,15H,10-13H2,1H3,(H,22,26)(H,23,25). The summed E-state index contributed by atoms with van der Waals surface area (Å²) < 4.78 is 0. The maximum Gasteiger partial charge on any atom is 0.253 e. The first-order chi connectivity index (χ1) is 12.5. The molecule has 1 fully saturated rings. The minimum absolute atomic E-state index is 0.146. The number of carbonyl (C=O) groups is 2. The molecule has 6 heteroatoms. The number of rotatable bonds is 7. The maximum absolute atomic E-state index is 12.4. The number of likely N-dealkylation sites (N-methyl/N-ethyl adjacent to an activating group) is 1. The SMILES string of the molecule is CN(CC(=O)Nc1ccccc1C(=O)NC1CC1)Cc1ccccc1Cl. The van der Waals surface area contributed by atoms with Crippen LogP contribution in [0.5, 0.6) is 0 Å². The van der Waals surface area contributed by atoms with Gasteiger partial charge < -0.3 is 10.6 Å². The van der Waals surface area contributed by atoms with Gasteiger partial charge in [0.05, 0.1) is 17.8 Å². The third kappa shape index (κ3) is 5.07. The van der Waals surface area contributed by atoms with Crippen LogP contribution in [-0.4, -0.2) is 36.3 Å². The molecule has 0 aliphatic heterocycles. The van der Waals surface area contributed by atoms with Gasteiger partial charge in [0.2, 0.25) is 5.91 Å². The van der Waals surface area contributed by atoms with Gasteiger partial charge >= 0.3 is 0 Å². The van der Waals surface area contributed by atoms with Crippen LogP contribution in [0.4, 0.5) is 5.69 Å². The molecule has 0 unspecified atom stereocenters. The maximum atomic E-state index is 12.4. The van der Waals surface area contributed by atoms with E-state index < -0.39 is 0 Å². The highest BCUT2D eigenvalue weighted by atomic mass is 35.5. The van der Waals surface area contributed by atoms with Crippen LogP contribution in [0.1, 0.15) is 28.8 Å². The molecule has 0 radical (unpaired) electrons. The summed E-state index contributed by atoms with van der Waals surface area (Å²) in [4.78, 5) is 26.6. The number of nitrogens with one attached hydrogen (secondary N) is 2. The van der Waals surface area contributed by atoms with E-state index in [1.165, 1.54) is 0 Å². The Bertz CT molecular complexity index is 805. The third-order valence-corrected chi connectivity index (χ3v) is 4.54. The van der Waals surface area contributed by atoms with Crippen molar-refractivity contribution in [2.75, 3.05) is 18.9 Å². The highest BCUT2D eigenvalue weighted by Crippen LogP contribution is 2.22. The molecule has 1 aliphatic carbocycles. The van der Waals surface area contributed by atoms with Crippen LogP contribution in [0.15, 0.2) is 48.5 Å². The quantitative estimate of drug-likeness (QED) is 0.785. The summed E-state index contributed by atoms with van der Waals surface area (Å²) >= 11 is 6.17. The molecule has 0 atom stereocenters. The summed E-state index contributed by atoms with van der Waals surface area (Å²) in [7, 11) is 1.86. The van der Waals surface area contributed by atoms with Crippen molar-refractivity contribution in [2.45, 2.75) is 25.4 Å². The molecular weight excluding hydrogens is 350 g/mol. The van der Waals surface area contributed by atoms with Gasteiger partial charge in [-0.2, -0.15) is 0 Å². The van der Waals surface area contributed by atoms with E-state index in [1.807, 2.05) is 36.2 Å². The monoisotopic (exact) mass is 371 g/mol. The Kier molecular flexibility index (Phi) is 5.91. The van der Waals surface area contributed by atoms with Crippen molar-refractivity contribution in [3.05, 3.63) is 64.7 Å². The fraction of sp³-hybridized carbons (Fsp3) is 0.300. The summed E-state index contributed by atoms with van der Waals surface area (Å²) in [5, 5.41) is 6.47. The molecule has 0 saturated heterocycles. The van der Waals surface area contributed by atoms with E-state index in [2.05, 4.69) is 10.6 Å². The topological polar surface area (TPSA) is 61.4 Å². The average Bonchev–Trinajstić information content (AvgIpc) is 3.41. The molecule has 1 aliphatic rings. The molecule has 136 valence electrons. The van der Waals surface area contributed by atoms with Gasteiger partial charge in [0.1, 0.15) is 0 Å². The van der Waals surface area contributed by atoms with E-state index in [0.717, 1.165) is 18.4 Å². The van der Waals surface area contributed by atoms with Crippen molar-refractivity contribution in [1.29, 1.82) is 0 Å². The summed E-state index contributed by atoms with van der Waals surface area (Å²) in [6, 6.07) is 14.9. The lowest BCUT2D eigenvalue weighted by molar-refractivity contribution is -0.117. The van der Waals surface area contributed by atoms with Crippen LogP contribution < -0.4 is 10.6 Å². The van der Waals surface area contributed by atoms with E-state index in [0.29, 0.717) is 22.8 Å². The van der Waals surface area contributed by atoms with Crippen LogP contribution >= 0.6 is 11.6 Å². The number of para-hydroxylation sites is 1. The van der Waals surface area contributed by atoms with Crippen LogP contribution in [0.3, 0.4) is 0 Å². The highest BCUT2D eigenvalue weighted by molar-refractivity contribution is 6.31. The van der Waals surface area contributed by atoms with E-state index >= 15 is 0 Å². The number of anilines is 1. The minimum atomic E-state index is -0.175. The second-order valence-corrected chi connectivity index (χ2v) is 7.01. The number of nitrogens with zero attached hydrogens (tertiary/aromatic N) is 1. The second kappa shape index (κ2) is 8.34. The first kappa shape index (κ1) is 18.4. The summed E-state index contributed by atoms with van der Waals surface area (Å²) in [6.45, 7) is 0.765. The highest BCUT2D eigenvalue weighted by Gasteiger charge is 2.25. The average molecular weight is 372 g/mol. The summed E-state index contributed by atoms with van der Waals surface area (Å²) in [5.41, 5.74) is 1.98. The van der Waals surface area contributed by atoms with Crippen LogP contribution in [0.2, 0.25) is 5.02 Å². The Hall–Kier alpha value is -2.37. The van der Waals surface area contributed by atoms with Gasteiger partial charge in [-0.15, -0.1) is 0 Å². The summed E-state index contributed by atoms with van der Waals surface area (Å²) in [5.74, 6) is -0.320. The first-order valence-corrected chi connectivity index (χ1v) is 9.02. The normalized spacial score (nSPS) is 13.5. The van der Waals surface area contributed by atoms with Crippen molar-refractivity contribution in [3.63, 3.8) is 0 Å². The molecule has 3 rings (SSSR count). The zero-order valence-corrected chi connectivity index (χ0v) is 15.4. The van der Waals surface area contributed by atoms with Gasteiger partial charge in [0, 0.05) is 17.6 Å². The van der Waals surface area contributed by atoms with Crippen molar-refractivity contribution >= 4 is 29.1 Å². The lowest BCUT2D eigenvalue weighted by Crippen LogP contribution is -2.31. The van der Waals surface area contributed by atoms with Gasteiger partial charge in [-0.05, 0) is 43.7 Å². The molecule has 2 aromatic rings. The minimum Gasteiger partial charge on any atom is -0.349 e. The van der Waals surface area contributed by atoms with Gasteiger partial charge in [-0.1, -0.05) is 41.9 Å². The number of amides is 2. The summed E-state index contributed by atoms with van der Waals surface area (Å²) in [6.07, 6.45) is 2.04. The molecule has 0 bridgehead atoms. The predicted molar refractivity (Wildman–Crippen MR) is 103 cm³/mol. The molecule has 0 heterocycles. The largest absolute Gasteiger partial charge is 0.349 e. The Labute approximate surface area is 158 Å². The predicted octanol–water partition coefficient (Wildman–Crippen LogP) is 3.30. The van der Waals surface area contributed by atoms with Gasteiger partial charge in [0.15, 0.2) is 0 Å². The molecule has 0 spiro atoms. The second-order valence-electron chi connectivity index (χ2n) is 6.61. The third-order valence-electron chi connectivity index (χ3n) is 4.17. The smallest absolute Gasteiger partial charge is 0.253 e. The molecule has 2 amide bonds. The molecule has 2 aromatic carbocycles. The van der Waals surface area contributed by atoms with Crippen molar-refractivity contribution < 1.29 is 9.59 Å². The Morgan fingerprint density at radius 1 is 1.12 bits per heavy atom. The lowest BCUT2D eigenvalue weighted by atomic mass is 10.1. The Morgan fingerprint density at radius 3 is 2.54 bits per heavy atom. The molecular formula is C20H22ClN3O2. The fourth-order valence-corrected chi connectivity index (χ4v) is 2.88. The van der Waals surface area contributed by atoms with Gasteiger partial charge in [0.25, 0.3) is 5.91 Å². The van der Waals surface area contributed by atoms with Crippen LogP contribution in [0.25, 0.3) is 0 Å². The van der Waals surface area contributed by atoms with Crippen molar-refractivity contribution in [2.24, 2.45) is 0 Å². The molecule has 5 nitrogen and oxygen atoms in total. The van der Waals surface area contributed by atoms with E-state index in [9.17, 15) is 9.59 Å². The van der Waals surface area contributed by atoms with Gasteiger partial charge in [-0.25, -0.2) is 0 Å². The van der Waals surface area contributed by atoms with Crippen molar-refractivity contribution in [1.82, 2.24) is 10.2 Å². The number of benzene rings is 2. The lowest BCUT2D eigenvalue weighted by Gasteiger charge is -2.18. The van der Waals surface area contributed by atoms with E-state index in [-0.39, 0.29) is 24.4 Å². The number of hydrogen-bond acceptors (Lipinski definition) is 3. The molecule has 26 heavy (non-hydrogen) atoms. The Morgan fingerprint density at radius 2 is 1.81 bits per heavy atom. The fourth-order valence-electron chi connectivity index (χ4n) is 2.69. The molecule has 0 aromatic heterocycles. The van der Waals surface area contributed by atoms with Crippen LogP contribution in [-0.2, 0) is 11.3 Å². The number of hydrogen-bond donors (Lipinski definition) is 2. The van der Waals surface area contributed by atoms with Gasteiger partial charge in [-0.3, -0.25) is 14.5 Å². The zero-order valence-electron chi connectivity index (χ0n) is 14.7. The van der Waals surface area contributed by atoms with E-state index in [4.69, 9.17) is 11.6 Å².